The monoisotopic (exact) mass is 411 g/mol. The molecular formula is C16H14BrNO3S2. The zero-order valence-corrected chi connectivity index (χ0v) is 15.2. The highest BCUT2D eigenvalue weighted by molar-refractivity contribution is 9.10. The molecule has 23 heavy (non-hydrogen) atoms. The van der Waals surface area contributed by atoms with Gasteiger partial charge in [-0.05, 0) is 51.6 Å². The van der Waals surface area contributed by atoms with Gasteiger partial charge in [-0.1, -0.05) is 18.2 Å². The summed E-state index contributed by atoms with van der Waals surface area (Å²) in [6, 6.07) is 14.3. The molecule has 0 saturated heterocycles. The van der Waals surface area contributed by atoms with E-state index in [0.717, 1.165) is 10.6 Å². The van der Waals surface area contributed by atoms with Crippen LogP contribution in [0.15, 0.2) is 74.0 Å². The van der Waals surface area contributed by atoms with E-state index in [2.05, 4.69) is 20.7 Å². The van der Waals surface area contributed by atoms with Gasteiger partial charge < -0.3 is 4.42 Å². The first-order chi connectivity index (χ1) is 11.1. The first-order valence-electron chi connectivity index (χ1n) is 6.89. The minimum Gasteiger partial charge on any atom is -0.469 e. The predicted octanol–water partition coefficient (Wildman–Crippen LogP) is 4.21. The van der Waals surface area contributed by atoms with Crippen molar-refractivity contribution in [1.29, 1.82) is 0 Å². The van der Waals surface area contributed by atoms with E-state index < -0.39 is 10.0 Å². The molecular weight excluding hydrogens is 398 g/mol. The normalized spacial score (nSPS) is 13.1. The summed E-state index contributed by atoms with van der Waals surface area (Å²) >= 11 is 4.86. The van der Waals surface area contributed by atoms with Crippen LogP contribution in [-0.2, 0) is 10.0 Å². The van der Waals surface area contributed by atoms with E-state index >= 15 is 0 Å². The Morgan fingerprint density at radius 1 is 1.13 bits per heavy atom. The Bertz CT molecular complexity index is 824. The van der Waals surface area contributed by atoms with Crippen molar-refractivity contribution in [2.75, 3.05) is 6.54 Å². The molecule has 3 rings (SSSR count). The minimum absolute atomic E-state index is 0.151. The molecule has 0 aliphatic rings. The van der Waals surface area contributed by atoms with E-state index in [4.69, 9.17) is 4.42 Å². The number of rotatable bonds is 6. The molecule has 0 bridgehead atoms. The first-order valence-corrected chi connectivity index (χ1v) is 10.0. The van der Waals surface area contributed by atoms with Gasteiger partial charge in [0.2, 0.25) is 10.0 Å². The standard InChI is InChI=1S/C16H14BrNO3S2/c17-13-5-1-2-8-16(13)23(19,20)18-11-12(14-6-3-9-21-14)15-7-4-10-22-15/h1-10,12,18H,11H2/t12-/m0/s1. The van der Waals surface area contributed by atoms with Crippen LogP contribution in [0.5, 0.6) is 0 Å². The SMILES string of the molecule is O=S(=O)(NC[C@@H](c1ccco1)c1cccs1)c1ccccc1Br. The van der Waals surface area contributed by atoms with Crippen molar-refractivity contribution in [2.24, 2.45) is 0 Å². The van der Waals surface area contributed by atoms with Gasteiger partial charge in [0.15, 0.2) is 0 Å². The van der Waals surface area contributed by atoms with Gasteiger partial charge in [0.05, 0.1) is 17.1 Å². The van der Waals surface area contributed by atoms with Gasteiger partial charge in [-0.15, -0.1) is 11.3 Å². The fourth-order valence-corrected chi connectivity index (χ4v) is 5.14. The quantitative estimate of drug-likeness (QED) is 0.660. The van der Waals surface area contributed by atoms with Gasteiger partial charge in [0.25, 0.3) is 0 Å². The van der Waals surface area contributed by atoms with Crippen molar-refractivity contribution >= 4 is 37.3 Å². The van der Waals surface area contributed by atoms with Crippen LogP contribution >= 0.6 is 27.3 Å². The molecule has 1 aromatic carbocycles. The van der Waals surface area contributed by atoms with Crippen LogP contribution in [0.4, 0.5) is 0 Å². The molecule has 0 aliphatic heterocycles. The highest BCUT2D eigenvalue weighted by atomic mass is 79.9. The van der Waals surface area contributed by atoms with Crippen LogP contribution in [0.1, 0.15) is 16.6 Å². The molecule has 1 N–H and O–H groups in total. The van der Waals surface area contributed by atoms with Gasteiger partial charge in [0.1, 0.15) is 5.76 Å². The lowest BCUT2D eigenvalue weighted by Gasteiger charge is -2.15. The van der Waals surface area contributed by atoms with Crippen molar-refractivity contribution in [3.8, 4) is 0 Å². The molecule has 0 saturated carbocycles. The average Bonchev–Trinajstić information content (AvgIpc) is 3.21. The van der Waals surface area contributed by atoms with Gasteiger partial charge in [-0.25, -0.2) is 13.1 Å². The lowest BCUT2D eigenvalue weighted by molar-refractivity contribution is 0.483. The van der Waals surface area contributed by atoms with Crippen LogP contribution in [0, 0.1) is 0 Å². The summed E-state index contributed by atoms with van der Waals surface area (Å²) in [6.07, 6.45) is 1.60. The summed E-state index contributed by atoms with van der Waals surface area (Å²) in [5, 5.41) is 1.97. The Balaban J connectivity index is 1.84. The van der Waals surface area contributed by atoms with Crippen LogP contribution in [0.2, 0.25) is 0 Å². The number of benzene rings is 1. The van der Waals surface area contributed by atoms with Crippen LogP contribution < -0.4 is 4.72 Å². The molecule has 120 valence electrons. The van der Waals surface area contributed by atoms with Crippen LogP contribution in [0.3, 0.4) is 0 Å². The molecule has 0 radical (unpaired) electrons. The van der Waals surface area contributed by atoms with Gasteiger partial charge in [0, 0.05) is 15.9 Å². The Hall–Kier alpha value is -1.41. The van der Waals surface area contributed by atoms with E-state index in [-0.39, 0.29) is 17.4 Å². The number of furan rings is 1. The van der Waals surface area contributed by atoms with Crippen molar-refractivity contribution < 1.29 is 12.8 Å². The van der Waals surface area contributed by atoms with Crippen molar-refractivity contribution in [3.05, 3.63) is 75.3 Å². The van der Waals surface area contributed by atoms with E-state index in [0.29, 0.717) is 4.47 Å². The minimum atomic E-state index is -3.60. The van der Waals surface area contributed by atoms with Crippen LogP contribution in [0.25, 0.3) is 0 Å². The second kappa shape index (κ2) is 7.00. The Morgan fingerprint density at radius 2 is 1.96 bits per heavy atom. The van der Waals surface area contributed by atoms with Gasteiger partial charge in [-0.2, -0.15) is 0 Å². The Kier molecular flexibility index (Phi) is 5.01. The van der Waals surface area contributed by atoms with Crippen molar-refractivity contribution in [2.45, 2.75) is 10.8 Å². The fourth-order valence-electron chi connectivity index (χ4n) is 2.25. The van der Waals surface area contributed by atoms with Crippen molar-refractivity contribution in [1.82, 2.24) is 4.72 Å². The summed E-state index contributed by atoms with van der Waals surface area (Å²) in [4.78, 5) is 1.28. The topological polar surface area (TPSA) is 59.3 Å². The number of hydrogen-bond acceptors (Lipinski definition) is 4. The Labute approximate surface area is 147 Å². The molecule has 2 heterocycles. The molecule has 0 fully saturated rings. The number of halogens is 1. The number of nitrogens with one attached hydrogen (secondary N) is 1. The molecule has 2 aromatic heterocycles. The van der Waals surface area contributed by atoms with Gasteiger partial charge in [-0.3, -0.25) is 0 Å². The molecule has 0 amide bonds. The zero-order valence-electron chi connectivity index (χ0n) is 12.0. The zero-order chi connectivity index (χ0) is 16.3. The average molecular weight is 412 g/mol. The number of hydrogen-bond donors (Lipinski definition) is 1. The molecule has 4 nitrogen and oxygen atoms in total. The summed E-state index contributed by atoms with van der Waals surface area (Å²) in [5.74, 6) is 0.588. The lowest BCUT2D eigenvalue weighted by Crippen LogP contribution is -2.29. The van der Waals surface area contributed by atoms with E-state index in [1.165, 1.54) is 0 Å². The highest BCUT2D eigenvalue weighted by Gasteiger charge is 2.23. The van der Waals surface area contributed by atoms with Crippen LogP contribution in [-0.4, -0.2) is 15.0 Å². The second-order valence-corrected chi connectivity index (χ2v) is 8.43. The molecule has 3 aromatic rings. The summed E-state index contributed by atoms with van der Waals surface area (Å²) in [6.45, 7) is 0.234. The summed E-state index contributed by atoms with van der Waals surface area (Å²) in [7, 11) is -3.60. The largest absolute Gasteiger partial charge is 0.469 e. The Morgan fingerprint density at radius 3 is 2.61 bits per heavy atom. The number of thiophene rings is 1. The molecule has 1 atom stereocenters. The summed E-state index contributed by atoms with van der Waals surface area (Å²) < 4.78 is 33.8. The fraction of sp³-hybridized carbons (Fsp3) is 0.125. The third-order valence-electron chi connectivity index (χ3n) is 3.38. The lowest BCUT2D eigenvalue weighted by atomic mass is 10.1. The van der Waals surface area contributed by atoms with Gasteiger partial charge >= 0.3 is 0 Å². The maximum atomic E-state index is 12.5. The predicted molar refractivity (Wildman–Crippen MR) is 94.2 cm³/mol. The van der Waals surface area contributed by atoms with E-state index in [1.54, 1.807) is 47.9 Å². The molecule has 0 unspecified atom stereocenters. The van der Waals surface area contributed by atoms with Crippen molar-refractivity contribution in [3.63, 3.8) is 0 Å². The molecule has 0 aliphatic carbocycles. The maximum Gasteiger partial charge on any atom is 0.241 e. The van der Waals surface area contributed by atoms with E-state index in [1.807, 2.05) is 23.6 Å². The third kappa shape index (κ3) is 3.74. The number of sulfonamides is 1. The molecule has 7 heteroatoms. The first kappa shape index (κ1) is 16.4. The molecule has 0 spiro atoms. The third-order valence-corrected chi connectivity index (χ3v) is 6.80. The smallest absolute Gasteiger partial charge is 0.241 e. The maximum absolute atomic E-state index is 12.5. The summed E-state index contributed by atoms with van der Waals surface area (Å²) in [5.41, 5.74) is 0. The highest BCUT2D eigenvalue weighted by Crippen LogP contribution is 2.29. The second-order valence-electron chi connectivity index (χ2n) is 4.87. The van der Waals surface area contributed by atoms with E-state index in [9.17, 15) is 8.42 Å².